The predicted molar refractivity (Wildman–Crippen MR) is 91.3 cm³/mol. The first-order valence-electron chi connectivity index (χ1n) is 6.83. The molecule has 0 aliphatic carbocycles. The summed E-state index contributed by atoms with van der Waals surface area (Å²) >= 11 is 1.14. The molecule has 1 atom stereocenters. The number of ether oxygens (including phenoxy) is 1. The van der Waals surface area contributed by atoms with Crippen molar-refractivity contribution in [2.75, 3.05) is 12.8 Å². The molecule has 128 valence electrons. The summed E-state index contributed by atoms with van der Waals surface area (Å²) in [6.07, 6.45) is 3.41. The van der Waals surface area contributed by atoms with Crippen LogP contribution in [-0.2, 0) is 9.53 Å². The lowest BCUT2D eigenvalue weighted by atomic mass is 10.2. The van der Waals surface area contributed by atoms with E-state index in [9.17, 15) is 14.4 Å². The van der Waals surface area contributed by atoms with Crippen LogP contribution in [0.2, 0.25) is 0 Å². The fourth-order valence-corrected chi connectivity index (χ4v) is 2.32. The van der Waals surface area contributed by atoms with Gasteiger partial charge in [-0.3, -0.25) is 9.59 Å². The molecule has 0 saturated carbocycles. The van der Waals surface area contributed by atoms with Crippen molar-refractivity contribution >= 4 is 35.7 Å². The number of amides is 1. The molecule has 8 nitrogen and oxygen atoms in total. The number of thioether (sulfide) groups is 1. The number of allylic oxidation sites excluding steroid dienone is 2. The van der Waals surface area contributed by atoms with Crippen LogP contribution >= 0.6 is 11.8 Å². The Morgan fingerprint density at radius 2 is 2.12 bits per heavy atom. The van der Waals surface area contributed by atoms with E-state index < -0.39 is 17.9 Å². The van der Waals surface area contributed by atoms with Crippen LogP contribution in [0.5, 0.6) is 0 Å². The number of aldehydes is 1. The molecule has 0 saturated heterocycles. The summed E-state index contributed by atoms with van der Waals surface area (Å²) in [6.45, 7) is 7.24. The quantitative estimate of drug-likeness (QED) is 0.428. The molecular weight excluding hydrogens is 332 g/mol. The number of carbonyl (C=O) groups is 3. The van der Waals surface area contributed by atoms with E-state index in [1.165, 1.54) is 0 Å². The van der Waals surface area contributed by atoms with E-state index in [2.05, 4.69) is 26.6 Å². The molecule has 1 aromatic rings. The first-order chi connectivity index (χ1) is 11.3. The van der Waals surface area contributed by atoms with Crippen LogP contribution < -0.4 is 11.1 Å². The molecule has 1 amide bonds. The summed E-state index contributed by atoms with van der Waals surface area (Å²) in [5.74, 6) is -1.59. The largest absolute Gasteiger partial charge is 0.465 e. The highest BCUT2D eigenvalue weighted by atomic mass is 32.2. The van der Waals surface area contributed by atoms with Crippen LogP contribution in [0.4, 0.5) is 5.82 Å². The lowest BCUT2D eigenvalue weighted by Crippen LogP contribution is -2.35. The van der Waals surface area contributed by atoms with Gasteiger partial charge in [0.15, 0.2) is 6.29 Å². The van der Waals surface area contributed by atoms with E-state index in [4.69, 9.17) is 5.73 Å². The molecule has 1 heterocycles. The second kappa shape index (κ2) is 8.82. The van der Waals surface area contributed by atoms with Gasteiger partial charge < -0.3 is 15.8 Å². The van der Waals surface area contributed by atoms with Gasteiger partial charge in [-0.05, 0) is 13.8 Å². The fourth-order valence-electron chi connectivity index (χ4n) is 1.61. The van der Waals surface area contributed by atoms with Crippen molar-refractivity contribution in [1.82, 2.24) is 15.3 Å². The fraction of sp³-hybridized carbons (Fsp3) is 0.267. The summed E-state index contributed by atoms with van der Waals surface area (Å²) in [6, 6.07) is -0.487. The molecule has 1 rings (SSSR count). The summed E-state index contributed by atoms with van der Waals surface area (Å²) in [7, 11) is 1.16. The third-order valence-electron chi connectivity index (χ3n) is 2.96. The number of nitrogens with one attached hydrogen (secondary N) is 1. The molecule has 1 unspecified atom stereocenters. The molecule has 1 aromatic heterocycles. The van der Waals surface area contributed by atoms with Crippen molar-refractivity contribution in [2.45, 2.75) is 19.9 Å². The summed E-state index contributed by atoms with van der Waals surface area (Å²) in [5.41, 5.74) is 5.23. The number of carbonyl (C=O) groups excluding carboxylic acids is 3. The van der Waals surface area contributed by atoms with Crippen molar-refractivity contribution in [3.05, 3.63) is 40.0 Å². The number of nitrogens with two attached hydrogens (primary N) is 1. The average molecular weight is 350 g/mol. The highest BCUT2D eigenvalue weighted by molar-refractivity contribution is 8.07. The van der Waals surface area contributed by atoms with Crippen molar-refractivity contribution in [3.63, 3.8) is 0 Å². The highest BCUT2D eigenvalue weighted by Gasteiger charge is 2.24. The number of nitrogens with zero attached hydrogens (tertiary/aromatic N) is 2. The molecular formula is C15H18N4O4S. The molecule has 0 fully saturated rings. The van der Waals surface area contributed by atoms with Crippen LogP contribution in [0.25, 0.3) is 0 Å². The van der Waals surface area contributed by atoms with Gasteiger partial charge in [0.05, 0.1) is 13.2 Å². The molecule has 0 aliphatic heterocycles. The van der Waals surface area contributed by atoms with E-state index in [1.54, 1.807) is 19.9 Å². The van der Waals surface area contributed by atoms with Gasteiger partial charge in [-0.1, -0.05) is 24.4 Å². The van der Waals surface area contributed by atoms with Gasteiger partial charge in [-0.2, -0.15) is 0 Å². The zero-order chi connectivity index (χ0) is 18.3. The van der Waals surface area contributed by atoms with Crippen molar-refractivity contribution in [2.24, 2.45) is 0 Å². The van der Waals surface area contributed by atoms with Crippen molar-refractivity contribution in [1.29, 1.82) is 0 Å². The van der Waals surface area contributed by atoms with Crippen LogP contribution in [0.15, 0.2) is 28.8 Å². The molecule has 3 N–H and O–H groups in total. The van der Waals surface area contributed by atoms with E-state index >= 15 is 0 Å². The van der Waals surface area contributed by atoms with E-state index in [-0.39, 0.29) is 17.1 Å². The number of esters is 1. The maximum atomic E-state index is 12.4. The smallest absolute Gasteiger partial charge is 0.344 e. The summed E-state index contributed by atoms with van der Waals surface area (Å²) < 4.78 is 4.60. The van der Waals surface area contributed by atoms with Gasteiger partial charge in [0.25, 0.3) is 5.91 Å². The number of hydrogen-bond donors (Lipinski definition) is 2. The Kier molecular flexibility index (Phi) is 7.12. The minimum Gasteiger partial charge on any atom is -0.465 e. The van der Waals surface area contributed by atoms with Crippen molar-refractivity contribution in [3.8, 4) is 0 Å². The van der Waals surface area contributed by atoms with Gasteiger partial charge in [0.2, 0.25) is 0 Å². The summed E-state index contributed by atoms with van der Waals surface area (Å²) in [5, 5.41) is 2.64. The minimum absolute atomic E-state index is 0.153. The van der Waals surface area contributed by atoms with Crippen LogP contribution in [0.1, 0.15) is 34.7 Å². The SMILES string of the molecule is C=C(S/C(C=O)=C\C)C(C)NC(=O)c1ncnc(N)c1C(=O)OC. The topological polar surface area (TPSA) is 124 Å². The first-order valence-corrected chi connectivity index (χ1v) is 7.65. The second-order valence-corrected chi connectivity index (χ2v) is 5.75. The number of anilines is 1. The molecule has 0 bridgehead atoms. The van der Waals surface area contributed by atoms with E-state index in [1.807, 2.05) is 0 Å². The maximum absolute atomic E-state index is 12.4. The number of methoxy groups -OCH3 is 1. The average Bonchev–Trinajstić information content (AvgIpc) is 2.58. The lowest BCUT2D eigenvalue weighted by Gasteiger charge is -2.17. The van der Waals surface area contributed by atoms with Crippen LogP contribution in [0, 0.1) is 0 Å². The lowest BCUT2D eigenvalue weighted by molar-refractivity contribution is -0.104. The summed E-state index contributed by atoms with van der Waals surface area (Å²) in [4.78, 5) is 43.5. The monoisotopic (exact) mass is 350 g/mol. The standard InChI is InChI=1S/C15H18N4O4S/c1-5-10(6-20)24-9(3)8(2)19-14(21)12-11(15(22)23-4)13(16)18-7-17-12/h5-8H,3H2,1-2,4H3,(H,19,21)(H2,16,17,18)/b10-5-. The van der Waals surface area contributed by atoms with Gasteiger partial charge in [-0.25, -0.2) is 14.8 Å². The highest BCUT2D eigenvalue weighted by Crippen LogP contribution is 2.25. The molecule has 0 aromatic carbocycles. The Balaban J connectivity index is 2.96. The number of rotatable bonds is 7. The number of nitrogen functional groups attached to an aromatic ring is 1. The van der Waals surface area contributed by atoms with Gasteiger partial charge in [-0.15, -0.1) is 0 Å². The zero-order valence-electron chi connectivity index (χ0n) is 13.5. The zero-order valence-corrected chi connectivity index (χ0v) is 14.3. The molecule has 0 spiro atoms. The molecule has 0 radical (unpaired) electrons. The van der Waals surface area contributed by atoms with Gasteiger partial charge in [0, 0.05) is 9.81 Å². The van der Waals surface area contributed by atoms with E-state index in [0.717, 1.165) is 25.2 Å². The Bertz CT molecular complexity index is 703. The van der Waals surface area contributed by atoms with Crippen LogP contribution in [0.3, 0.4) is 0 Å². The first kappa shape index (κ1) is 19.4. The maximum Gasteiger partial charge on any atom is 0.344 e. The normalized spacial score (nSPS) is 12.2. The van der Waals surface area contributed by atoms with Gasteiger partial charge in [0.1, 0.15) is 23.4 Å². The predicted octanol–water partition coefficient (Wildman–Crippen LogP) is 1.31. The Morgan fingerprint density at radius 1 is 1.46 bits per heavy atom. The Hall–Kier alpha value is -2.68. The van der Waals surface area contributed by atoms with Crippen molar-refractivity contribution < 1.29 is 19.1 Å². The van der Waals surface area contributed by atoms with Gasteiger partial charge >= 0.3 is 5.97 Å². The molecule has 0 aliphatic rings. The Morgan fingerprint density at radius 3 is 2.67 bits per heavy atom. The number of hydrogen-bond acceptors (Lipinski definition) is 8. The molecule has 24 heavy (non-hydrogen) atoms. The van der Waals surface area contributed by atoms with Crippen LogP contribution in [-0.4, -0.2) is 41.3 Å². The second-order valence-electron chi connectivity index (χ2n) is 4.55. The van der Waals surface area contributed by atoms with E-state index in [0.29, 0.717) is 16.1 Å². The molecule has 9 heteroatoms. The minimum atomic E-state index is -0.809. The Labute approximate surface area is 143 Å². The third-order valence-corrected chi connectivity index (χ3v) is 4.14. The number of aromatic nitrogens is 2. The third kappa shape index (κ3) is 4.66.